The minimum Gasteiger partial charge on any atom is -0.494 e. The van der Waals surface area contributed by atoms with Gasteiger partial charge in [0, 0.05) is 32.7 Å². The summed E-state index contributed by atoms with van der Waals surface area (Å²) in [5, 5.41) is 20.6. The Bertz CT molecular complexity index is 999. The van der Waals surface area contributed by atoms with Crippen LogP contribution in [-0.4, -0.2) is 87.3 Å². The van der Waals surface area contributed by atoms with Crippen molar-refractivity contribution in [1.82, 2.24) is 24.6 Å². The van der Waals surface area contributed by atoms with Crippen LogP contribution >= 0.6 is 23.1 Å². The molecule has 1 aliphatic heterocycles. The molecule has 0 aliphatic carbocycles. The van der Waals surface area contributed by atoms with Crippen molar-refractivity contribution >= 4 is 29.0 Å². The number of benzene rings is 1. The number of ether oxygens (including phenoxy) is 1. The molecule has 32 heavy (non-hydrogen) atoms. The number of carbonyl (C=O) groups excluding carboxylic acids is 1. The lowest BCUT2D eigenvalue weighted by Crippen LogP contribution is -2.49. The quantitative estimate of drug-likeness (QED) is 0.478. The van der Waals surface area contributed by atoms with Gasteiger partial charge in [-0.25, -0.2) is 0 Å². The zero-order chi connectivity index (χ0) is 22.3. The molecular formula is C22H27N5O3S2. The molecule has 0 spiro atoms. The van der Waals surface area contributed by atoms with Gasteiger partial charge in [-0.05, 0) is 42.6 Å². The average molecular weight is 474 g/mol. The van der Waals surface area contributed by atoms with Gasteiger partial charge in [0.05, 0.1) is 29.5 Å². The summed E-state index contributed by atoms with van der Waals surface area (Å²) in [5.41, 5.74) is 0.925. The minimum absolute atomic E-state index is 0.0950. The Morgan fingerprint density at radius 1 is 1.16 bits per heavy atom. The molecule has 1 saturated heterocycles. The highest BCUT2D eigenvalue weighted by molar-refractivity contribution is 7.99. The monoisotopic (exact) mass is 473 g/mol. The number of rotatable bonds is 9. The molecule has 1 aromatic carbocycles. The van der Waals surface area contributed by atoms with Gasteiger partial charge >= 0.3 is 0 Å². The van der Waals surface area contributed by atoms with Crippen molar-refractivity contribution in [3.63, 3.8) is 0 Å². The van der Waals surface area contributed by atoms with E-state index in [1.807, 2.05) is 58.2 Å². The topological polar surface area (TPSA) is 83.7 Å². The van der Waals surface area contributed by atoms with E-state index in [0.717, 1.165) is 35.2 Å². The number of piperazine rings is 1. The maximum atomic E-state index is 12.8. The fraction of sp³-hybridized carbons (Fsp3) is 0.409. The van der Waals surface area contributed by atoms with E-state index in [-0.39, 0.29) is 12.5 Å². The number of β-amino-alcohol motifs (C(OH)–C–C–N with tert-alkyl or cyclic N) is 1. The molecule has 2 aromatic heterocycles. The lowest BCUT2D eigenvalue weighted by molar-refractivity contribution is -0.130. The van der Waals surface area contributed by atoms with E-state index >= 15 is 0 Å². The average Bonchev–Trinajstić information content (AvgIpc) is 3.49. The SMILES string of the molecule is CCOc1ccc(-n2c(SCC(=O)N3CCN(CCO)CC3)nnc2-c2cccs2)cc1. The van der Waals surface area contributed by atoms with E-state index in [9.17, 15) is 4.79 Å². The number of amides is 1. The van der Waals surface area contributed by atoms with Gasteiger partial charge in [0.25, 0.3) is 0 Å². The van der Waals surface area contributed by atoms with Crippen LogP contribution in [0.3, 0.4) is 0 Å². The van der Waals surface area contributed by atoms with Crippen LogP contribution in [0.1, 0.15) is 6.92 Å². The predicted molar refractivity (Wildman–Crippen MR) is 127 cm³/mol. The van der Waals surface area contributed by atoms with E-state index in [0.29, 0.717) is 37.2 Å². The first-order valence-corrected chi connectivity index (χ1v) is 12.5. The van der Waals surface area contributed by atoms with Gasteiger partial charge in [0.2, 0.25) is 5.91 Å². The molecule has 1 fully saturated rings. The number of aliphatic hydroxyl groups excluding tert-OH is 1. The molecule has 0 bridgehead atoms. The second-order valence-corrected chi connectivity index (χ2v) is 9.17. The lowest BCUT2D eigenvalue weighted by atomic mass is 10.3. The Balaban J connectivity index is 1.49. The second-order valence-electron chi connectivity index (χ2n) is 7.28. The summed E-state index contributed by atoms with van der Waals surface area (Å²) in [6.07, 6.45) is 0. The third kappa shape index (κ3) is 5.32. The summed E-state index contributed by atoms with van der Waals surface area (Å²) in [6, 6.07) is 11.8. The molecule has 0 saturated carbocycles. The van der Waals surface area contributed by atoms with E-state index < -0.39 is 0 Å². The fourth-order valence-electron chi connectivity index (χ4n) is 3.60. The van der Waals surface area contributed by atoms with Crippen molar-refractivity contribution in [2.24, 2.45) is 0 Å². The van der Waals surface area contributed by atoms with Crippen LogP contribution in [-0.2, 0) is 4.79 Å². The molecule has 1 aliphatic rings. The van der Waals surface area contributed by atoms with Crippen LogP contribution in [0.4, 0.5) is 0 Å². The minimum atomic E-state index is 0.0950. The van der Waals surface area contributed by atoms with E-state index in [2.05, 4.69) is 15.1 Å². The molecule has 1 N–H and O–H groups in total. The molecule has 10 heteroatoms. The Kier molecular flexibility index (Phi) is 7.80. The summed E-state index contributed by atoms with van der Waals surface area (Å²) in [7, 11) is 0. The summed E-state index contributed by atoms with van der Waals surface area (Å²) < 4.78 is 7.57. The number of nitrogens with zero attached hydrogens (tertiary/aromatic N) is 5. The number of aromatic nitrogens is 3. The van der Waals surface area contributed by atoms with Gasteiger partial charge in [-0.15, -0.1) is 21.5 Å². The standard InChI is InChI=1S/C22H27N5O3S2/c1-2-30-18-7-5-17(6-8-18)27-21(19-4-3-15-31-19)23-24-22(27)32-16-20(29)26-11-9-25(10-12-26)13-14-28/h3-8,15,28H,2,9-14,16H2,1H3. The van der Waals surface area contributed by atoms with Crippen LogP contribution in [0.2, 0.25) is 0 Å². The maximum absolute atomic E-state index is 12.8. The third-order valence-corrected chi connectivity index (χ3v) is 7.03. The van der Waals surface area contributed by atoms with Gasteiger partial charge in [0.15, 0.2) is 11.0 Å². The highest BCUT2D eigenvalue weighted by Gasteiger charge is 2.23. The molecule has 170 valence electrons. The van der Waals surface area contributed by atoms with Crippen molar-refractivity contribution in [1.29, 1.82) is 0 Å². The van der Waals surface area contributed by atoms with Crippen LogP contribution in [0, 0.1) is 0 Å². The Morgan fingerprint density at radius 2 is 1.94 bits per heavy atom. The molecule has 1 amide bonds. The Morgan fingerprint density at radius 3 is 2.59 bits per heavy atom. The predicted octanol–water partition coefficient (Wildman–Crippen LogP) is 2.62. The van der Waals surface area contributed by atoms with E-state index in [1.54, 1.807) is 11.3 Å². The van der Waals surface area contributed by atoms with Gasteiger partial charge < -0.3 is 14.7 Å². The lowest BCUT2D eigenvalue weighted by Gasteiger charge is -2.34. The van der Waals surface area contributed by atoms with Crippen molar-refractivity contribution in [3.05, 3.63) is 41.8 Å². The highest BCUT2D eigenvalue weighted by Crippen LogP contribution is 2.31. The van der Waals surface area contributed by atoms with Crippen LogP contribution in [0.5, 0.6) is 5.75 Å². The highest BCUT2D eigenvalue weighted by atomic mass is 32.2. The third-order valence-electron chi connectivity index (χ3n) is 5.25. The Labute approximate surface area is 195 Å². The van der Waals surface area contributed by atoms with Gasteiger partial charge in [-0.2, -0.15) is 0 Å². The van der Waals surface area contributed by atoms with Crippen molar-refractivity contribution in [2.45, 2.75) is 12.1 Å². The number of hydrogen-bond acceptors (Lipinski definition) is 8. The summed E-state index contributed by atoms with van der Waals surface area (Å²) >= 11 is 3.01. The molecule has 0 unspecified atom stereocenters. The van der Waals surface area contributed by atoms with E-state index in [1.165, 1.54) is 11.8 Å². The van der Waals surface area contributed by atoms with Crippen molar-refractivity contribution in [3.8, 4) is 22.1 Å². The van der Waals surface area contributed by atoms with E-state index in [4.69, 9.17) is 9.84 Å². The maximum Gasteiger partial charge on any atom is 0.233 e. The summed E-state index contributed by atoms with van der Waals surface area (Å²) in [4.78, 5) is 17.9. The number of aliphatic hydroxyl groups is 1. The first-order chi connectivity index (χ1) is 15.7. The zero-order valence-corrected chi connectivity index (χ0v) is 19.6. The smallest absolute Gasteiger partial charge is 0.233 e. The Hall–Kier alpha value is -2.40. The van der Waals surface area contributed by atoms with Crippen molar-refractivity contribution < 1.29 is 14.6 Å². The molecule has 0 atom stereocenters. The normalized spacial score (nSPS) is 14.6. The van der Waals surface area contributed by atoms with Crippen LogP contribution < -0.4 is 4.74 Å². The first kappa shape index (κ1) is 22.8. The molecule has 0 radical (unpaired) electrons. The summed E-state index contributed by atoms with van der Waals surface area (Å²) in [6.45, 7) is 6.34. The van der Waals surface area contributed by atoms with Gasteiger partial charge in [0.1, 0.15) is 5.75 Å². The molecule has 3 aromatic rings. The van der Waals surface area contributed by atoms with Crippen LogP contribution in [0.15, 0.2) is 46.9 Å². The number of hydrogen-bond donors (Lipinski definition) is 1. The molecule has 8 nitrogen and oxygen atoms in total. The number of thiophene rings is 1. The summed E-state index contributed by atoms with van der Waals surface area (Å²) in [5.74, 6) is 1.97. The molecule has 3 heterocycles. The molecular weight excluding hydrogens is 446 g/mol. The number of thioether (sulfide) groups is 1. The van der Waals surface area contributed by atoms with Gasteiger partial charge in [-0.3, -0.25) is 14.3 Å². The first-order valence-electron chi connectivity index (χ1n) is 10.7. The van der Waals surface area contributed by atoms with Crippen molar-refractivity contribution in [2.75, 3.05) is 51.7 Å². The number of carbonyl (C=O) groups is 1. The second kappa shape index (κ2) is 11.0. The fourth-order valence-corrected chi connectivity index (χ4v) is 5.15. The van der Waals surface area contributed by atoms with Crippen LogP contribution in [0.25, 0.3) is 16.4 Å². The zero-order valence-electron chi connectivity index (χ0n) is 18.0. The largest absolute Gasteiger partial charge is 0.494 e. The molecule has 4 rings (SSSR count). The van der Waals surface area contributed by atoms with Gasteiger partial charge in [-0.1, -0.05) is 17.8 Å².